The van der Waals surface area contributed by atoms with Crippen molar-refractivity contribution in [2.24, 2.45) is 5.92 Å². The van der Waals surface area contributed by atoms with Crippen LogP contribution >= 0.6 is 15.2 Å². The van der Waals surface area contributed by atoms with Gasteiger partial charge in [0.05, 0.1) is 0 Å². The van der Waals surface area contributed by atoms with Gasteiger partial charge in [-0.15, -0.1) is 0 Å². The molecule has 0 aromatic rings. The normalized spacial score (nSPS) is 26.6. The molecule has 1 fully saturated rings. The second kappa shape index (κ2) is 6.11. The summed E-state index contributed by atoms with van der Waals surface area (Å²) >= 11 is 0. The molecule has 108 valence electrons. The maximum absolute atomic E-state index is 11.0. The van der Waals surface area contributed by atoms with Crippen molar-refractivity contribution in [3.05, 3.63) is 0 Å². The number of hydrogen-bond acceptors (Lipinski definition) is 4. The van der Waals surface area contributed by atoms with Gasteiger partial charge in [-0.2, -0.15) is 0 Å². The van der Waals surface area contributed by atoms with Crippen LogP contribution in [0.1, 0.15) is 32.6 Å². The van der Waals surface area contributed by atoms with Crippen molar-refractivity contribution >= 4 is 15.2 Å². The van der Waals surface area contributed by atoms with Gasteiger partial charge in [-0.3, -0.25) is 14.6 Å². The Morgan fingerprint density at radius 1 is 1.11 bits per heavy atom. The summed E-state index contributed by atoms with van der Waals surface area (Å²) in [6, 6.07) is -0.0330. The lowest BCUT2D eigenvalue weighted by atomic mass is 9.87. The van der Waals surface area contributed by atoms with Gasteiger partial charge in [-0.1, -0.05) is 19.8 Å². The zero-order valence-corrected chi connectivity index (χ0v) is 11.8. The fourth-order valence-corrected chi connectivity index (χ4v) is 4.17. The highest BCUT2D eigenvalue weighted by Gasteiger charge is 2.43. The molecule has 0 aromatic carbocycles. The SMILES string of the molecule is CC1CCCC(NNC(P(=O)(O)O)P(=O)(O)O)C1. The third-order valence-corrected chi connectivity index (χ3v) is 6.33. The molecular formula is C8H20N2O6P2. The fourth-order valence-electron chi connectivity index (χ4n) is 2.12. The van der Waals surface area contributed by atoms with E-state index in [9.17, 15) is 9.13 Å². The second-order valence-corrected chi connectivity index (χ2v) is 8.61. The maximum Gasteiger partial charge on any atom is 0.356 e. The molecular weight excluding hydrogens is 282 g/mol. The highest BCUT2D eigenvalue weighted by Crippen LogP contribution is 2.58. The summed E-state index contributed by atoms with van der Waals surface area (Å²) in [5, 5.41) is 0. The third-order valence-electron chi connectivity index (χ3n) is 2.99. The molecule has 6 N–H and O–H groups in total. The predicted molar refractivity (Wildman–Crippen MR) is 65.6 cm³/mol. The summed E-state index contributed by atoms with van der Waals surface area (Å²) in [6.45, 7) is 2.07. The zero-order valence-electron chi connectivity index (χ0n) is 10.1. The molecule has 8 nitrogen and oxygen atoms in total. The molecule has 0 aliphatic heterocycles. The van der Waals surface area contributed by atoms with Crippen molar-refractivity contribution in [2.75, 3.05) is 0 Å². The van der Waals surface area contributed by atoms with Crippen molar-refractivity contribution in [3.8, 4) is 0 Å². The van der Waals surface area contributed by atoms with E-state index >= 15 is 0 Å². The smallest absolute Gasteiger partial charge is 0.323 e. The Balaban J connectivity index is 2.58. The second-order valence-electron chi connectivity index (χ2n) is 4.81. The minimum Gasteiger partial charge on any atom is -0.323 e. The molecule has 1 saturated carbocycles. The van der Waals surface area contributed by atoms with Crippen LogP contribution in [0.15, 0.2) is 0 Å². The molecule has 1 aliphatic rings. The molecule has 0 aromatic heterocycles. The Labute approximate surface area is 105 Å². The van der Waals surface area contributed by atoms with Crippen molar-refractivity contribution < 1.29 is 28.7 Å². The van der Waals surface area contributed by atoms with E-state index in [-0.39, 0.29) is 6.04 Å². The Hall–Kier alpha value is 0.220. The van der Waals surface area contributed by atoms with E-state index in [1.54, 1.807) is 0 Å². The third kappa shape index (κ3) is 5.07. The van der Waals surface area contributed by atoms with Gasteiger partial charge in [-0.05, 0) is 18.8 Å². The Kier molecular flexibility index (Phi) is 5.53. The first-order chi connectivity index (χ1) is 8.10. The van der Waals surface area contributed by atoms with E-state index in [0.717, 1.165) is 25.7 Å². The molecule has 0 amide bonds. The van der Waals surface area contributed by atoms with Gasteiger partial charge in [-0.25, -0.2) is 5.43 Å². The van der Waals surface area contributed by atoms with Crippen LogP contribution in [0.5, 0.6) is 0 Å². The lowest BCUT2D eigenvalue weighted by Gasteiger charge is -2.30. The Morgan fingerprint density at radius 3 is 2.11 bits per heavy atom. The first-order valence-corrected chi connectivity index (χ1v) is 9.08. The van der Waals surface area contributed by atoms with Crippen molar-refractivity contribution in [1.82, 2.24) is 10.9 Å². The summed E-state index contributed by atoms with van der Waals surface area (Å²) in [5.41, 5.74) is 2.55. The highest BCUT2D eigenvalue weighted by molar-refractivity contribution is 7.70. The number of hydrazine groups is 1. The van der Waals surface area contributed by atoms with Crippen molar-refractivity contribution in [2.45, 2.75) is 44.2 Å². The zero-order chi connectivity index (χ0) is 14.0. The van der Waals surface area contributed by atoms with Crippen LogP contribution in [-0.4, -0.2) is 31.1 Å². The summed E-state index contributed by atoms with van der Waals surface area (Å²) in [7, 11) is -9.83. The maximum atomic E-state index is 11.0. The first kappa shape index (κ1) is 16.3. The minimum atomic E-state index is -4.92. The molecule has 18 heavy (non-hydrogen) atoms. The average molecular weight is 302 g/mol. The van der Waals surface area contributed by atoms with Gasteiger partial charge in [0.1, 0.15) is 0 Å². The van der Waals surface area contributed by atoms with E-state index in [0.29, 0.717) is 5.92 Å². The van der Waals surface area contributed by atoms with E-state index in [2.05, 4.69) is 17.8 Å². The van der Waals surface area contributed by atoms with E-state index < -0.39 is 20.7 Å². The molecule has 1 rings (SSSR count). The molecule has 1 aliphatic carbocycles. The molecule has 2 atom stereocenters. The standard InChI is InChI=1S/C8H20N2O6P2/c1-6-3-2-4-7(5-6)9-10-8(17(11,12)13)18(14,15)16/h6-10H,2-5H2,1H3,(H2,11,12,13)(H2,14,15,16). The van der Waals surface area contributed by atoms with Crippen LogP contribution < -0.4 is 10.9 Å². The monoisotopic (exact) mass is 302 g/mol. The Bertz CT molecular complexity index is 345. The van der Waals surface area contributed by atoms with Gasteiger partial charge in [0.2, 0.25) is 5.52 Å². The lowest BCUT2D eigenvalue weighted by Crippen LogP contribution is -2.47. The highest BCUT2D eigenvalue weighted by atomic mass is 31.2. The van der Waals surface area contributed by atoms with Gasteiger partial charge >= 0.3 is 15.2 Å². The number of nitrogens with one attached hydrogen (secondary N) is 2. The van der Waals surface area contributed by atoms with Crippen LogP contribution in [0.4, 0.5) is 0 Å². The lowest BCUT2D eigenvalue weighted by molar-refractivity contribution is 0.263. The fraction of sp³-hybridized carbons (Fsp3) is 1.00. The van der Waals surface area contributed by atoms with Crippen molar-refractivity contribution in [1.29, 1.82) is 0 Å². The van der Waals surface area contributed by atoms with E-state index in [1.807, 2.05) is 0 Å². The molecule has 0 radical (unpaired) electrons. The average Bonchev–Trinajstić information content (AvgIpc) is 2.13. The molecule has 0 saturated heterocycles. The molecule has 0 heterocycles. The molecule has 10 heteroatoms. The quantitative estimate of drug-likeness (QED) is 0.315. The molecule has 0 spiro atoms. The van der Waals surface area contributed by atoms with Crippen LogP contribution in [0.25, 0.3) is 0 Å². The van der Waals surface area contributed by atoms with E-state index in [1.165, 1.54) is 0 Å². The Morgan fingerprint density at radius 2 is 1.67 bits per heavy atom. The van der Waals surface area contributed by atoms with Crippen LogP contribution in [0.2, 0.25) is 0 Å². The van der Waals surface area contributed by atoms with Crippen LogP contribution in [-0.2, 0) is 9.13 Å². The summed E-state index contributed by atoms with van der Waals surface area (Å²) in [4.78, 5) is 35.6. The van der Waals surface area contributed by atoms with Gasteiger partial charge in [0.25, 0.3) is 0 Å². The summed E-state index contributed by atoms with van der Waals surface area (Å²) in [5.74, 6) is 0.488. The predicted octanol–water partition coefficient (Wildman–Crippen LogP) is 0.298. The van der Waals surface area contributed by atoms with E-state index in [4.69, 9.17) is 19.6 Å². The van der Waals surface area contributed by atoms with Gasteiger partial charge < -0.3 is 19.6 Å². The van der Waals surface area contributed by atoms with Crippen molar-refractivity contribution in [3.63, 3.8) is 0 Å². The molecule has 2 unspecified atom stereocenters. The summed E-state index contributed by atoms with van der Waals surface area (Å²) in [6.07, 6.45) is 3.70. The van der Waals surface area contributed by atoms with Crippen LogP contribution in [0, 0.1) is 5.92 Å². The molecule has 0 bridgehead atoms. The number of rotatable bonds is 5. The number of hydrogen-bond donors (Lipinski definition) is 6. The first-order valence-electron chi connectivity index (χ1n) is 5.72. The largest absolute Gasteiger partial charge is 0.356 e. The summed E-state index contributed by atoms with van der Waals surface area (Å²) < 4.78 is 22.0. The van der Waals surface area contributed by atoms with Gasteiger partial charge in [0, 0.05) is 6.04 Å². The van der Waals surface area contributed by atoms with Crippen LogP contribution in [0.3, 0.4) is 0 Å². The minimum absolute atomic E-state index is 0.0330. The van der Waals surface area contributed by atoms with Gasteiger partial charge in [0.15, 0.2) is 0 Å². The topological polar surface area (TPSA) is 139 Å².